The number of nitrogens with zero attached hydrogens (tertiary/aromatic N) is 1. The zero-order chi connectivity index (χ0) is 11.0. The van der Waals surface area contributed by atoms with Gasteiger partial charge in [-0.1, -0.05) is 11.3 Å². The predicted molar refractivity (Wildman–Crippen MR) is 63.8 cm³/mol. The fourth-order valence-electron chi connectivity index (χ4n) is 1.16. The number of anilines is 1. The van der Waals surface area contributed by atoms with Crippen LogP contribution in [-0.2, 0) is 0 Å². The van der Waals surface area contributed by atoms with Gasteiger partial charge in [0.2, 0.25) is 0 Å². The van der Waals surface area contributed by atoms with E-state index in [1.165, 1.54) is 11.3 Å². The molecule has 0 saturated heterocycles. The van der Waals surface area contributed by atoms with Crippen LogP contribution >= 0.6 is 27.3 Å². The number of halogens is 1. The maximum atomic E-state index is 11.3. The Labute approximate surface area is 97.3 Å². The van der Waals surface area contributed by atoms with Crippen LogP contribution in [0.4, 0.5) is 5.13 Å². The fraction of sp³-hybridized carbons (Fsp3) is 0.250. The topological polar surface area (TPSA) is 78.0 Å². The Morgan fingerprint density at radius 3 is 3.07 bits per heavy atom. The van der Waals surface area contributed by atoms with Gasteiger partial charge >= 0.3 is 0 Å². The van der Waals surface area contributed by atoms with Crippen molar-refractivity contribution in [2.75, 3.05) is 11.9 Å². The Kier molecular flexibility index (Phi) is 2.66. The van der Waals surface area contributed by atoms with Crippen molar-refractivity contribution in [3.8, 4) is 5.75 Å². The molecule has 0 fully saturated rings. The third-order valence-electron chi connectivity index (χ3n) is 1.81. The number of H-pyrrole nitrogens is 1. The first-order valence-electron chi connectivity index (χ1n) is 4.28. The Hall–Kier alpha value is -1.08. The average Bonchev–Trinajstić information content (AvgIpc) is 2.58. The highest BCUT2D eigenvalue weighted by molar-refractivity contribution is 9.10. The maximum absolute atomic E-state index is 11.3. The largest absolute Gasteiger partial charge is 0.505 e. The number of aromatic hydroxyl groups is 1. The van der Waals surface area contributed by atoms with E-state index in [2.05, 4.69) is 31.2 Å². The lowest BCUT2D eigenvalue weighted by Crippen LogP contribution is -2.06. The molecule has 80 valence electrons. The normalized spacial score (nSPS) is 10.8. The van der Waals surface area contributed by atoms with Crippen LogP contribution in [0.25, 0.3) is 10.3 Å². The minimum absolute atomic E-state index is 0.0598. The van der Waals surface area contributed by atoms with Crippen molar-refractivity contribution in [2.45, 2.75) is 6.92 Å². The van der Waals surface area contributed by atoms with E-state index in [4.69, 9.17) is 0 Å². The van der Waals surface area contributed by atoms with Gasteiger partial charge in [0, 0.05) is 6.54 Å². The van der Waals surface area contributed by atoms with Crippen LogP contribution in [0.1, 0.15) is 6.92 Å². The molecule has 7 heteroatoms. The van der Waals surface area contributed by atoms with Crippen LogP contribution < -0.4 is 10.9 Å². The van der Waals surface area contributed by atoms with Crippen molar-refractivity contribution in [2.24, 2.45) is 0 Å². The number of rotatable bonds is 2. The minimum Gasteiger partial charge on any atom is -0.505 e. The van der Waals surface area contributed by atoms with Crippen LogP contribution in [0.3, 0.4) is 0 Å². The van der Waals surface area contributed by atoms with Crippen molar-refractivity contribution < 1.29 is 5.11 Å². The van der Waals surface area contributed by atoms with Crippen molar-refractivity contribution in [3.05, 3.63) is 14.8 Å². The second-order valence-corrected chi connectivity index (χ2v) is 4.64. The smallest absolute Gasteiger partial charge is 0.267 e. The van der Waals surface area contributed by atoms with E-state index >= 15 is 0 Å². The van der Waals surface area contributed by atoms with E-state index in [0.717, 1.165) is 6.54 Å². The predicted octanol–water partition coefficient (Wildman–Crippen LogP) is 1.88. The summed E-state index contributed by atoms with van der Waals surface area (Å²) in [6, 6.07) is 0. The molecule has 0 unspecified atom stereocenters. The Morgan fingerprint density at radius 2 is 2.40 bits per heavy atom. The number of pyridine rings is 1. The monoisotopic (exact) mass is 289 g/mol. The van der Waals surface area contributed by atoms with Gasteiger partial charge in [0.05, 0.1) is 0 Å². The van der Waals surface area contributed by atoms with Crippen LogP contribution in [0.5, 0.6) is 5.75 Å². The lowest BCUT2D eigenvalue weighted by Gasteiger charge is -1.94. The second-order valence-electron chi connectivity index (χ2n) is 2.84. The number of hydrogen-bond donors (Lipinski definition) is 3. The maximum Gasteiger partial charge on any atom is 0.267 e. The molecule has 0 atom stereocenters. The summed E-state index contributed by atoms with van der Waals surface area (Å²) >= 11 is 4.31. The first-order chi connectivity index (χ1) is 7.13. The number of aromatic amines is 1. The number of aromatic nitrogens is 2. The Morgan fingerprint density at radius 1 is 1.67 bits per heavy atom. The molecule has 2 rings (SSSR count). The van der Waals surface area contributed by atoms with E-state index in [1.807, 2.05) is 6.92 Å². The van der Waals surface area contributed by atoms with Gasteiger partial charge in [-0.25, -0.2) is 4.98 Å². The first kappa shape index (κ1) is 10.4. The van der Waals surface area contributed by atoms with Crippen LogP contribution in [-0.4, -0.2) is 21.6 Å². The molecule has 0 aromatic carbocycles. The molecule has 0 amide bonds. The highest BCUT2D eigenvalue weighted by Gasteiger charge is 2.13. The summed E-state index contributed by atoms with van der Waals surface area (Å²) in [4.78, 5) is 18.0. The lowest BCUT2D eigenvalue weighted by molar-refractivity contribution is 0.478. The molecule has 0 radical (unpaired) electrons. The van der Waals surface area contributed by atoms with Gasteiger partial charge in [-0.05, 0) is 22.9 Å². The summed E-state index contributed by atoms with van der Waals surface area (Å²) in [5, 5.41) is 13.4. The second kappa shape index (κ2) is 3.82. The van der Waals surface area contributed by atoms with Gasteiger partial charge in [-0.15, -0.1) is 0 Å². The standard InChI is InChI=1S/C8H8BrN3O2S/c1-2-10-8-12-6-5(15-8)4(13)3(9)7(14)11-6/h2H2,1H3,(H3,10,11,12,13,14). The van der Waals surface area contributed by atoms with Gasteiger partial charge in [0.1, 0.15) is 9.17 Å². The summed E-state index contributed by atoms with van der Waals surface area (Å²) < 4.78 is 0.708. The fourth-order valence-corrected chi connectivity index (χ4v) is 2.53. The molecule has 0 aliphatic carbocycles. The molecular formula is C8H8BrN3O2S. The van der Waals surface area contributed by atoms with E-state index < -0.39 is 0 Å². The molecule has 0 bridgehead atoms. The zero-order valence-electron chi connectivity index (χ0n) is 7.80. The van der Waals surface area contributed by atoms with E-state index in [9.17, 15) is 9.90 Å². The number of fused-ring (bicyclic) bond motifs is 1. The Balaban J connectivity index is 2.71. The van der Waals surface area contributed by atoms with Crippen molar-refractivity contribution >= 4 is 42.7 Å². The van der Waals surface area contributed by atoms with Crippen molar-refractivity contribution in [1.29, 1.82) is 0 Å². The third-order valence-corrected chi connectivity index (χ3v) is 3.56. The van der Waals surface area contributed by atoms with Crippen LogP contribution in [0.15, 0.2) is 9.27 Å². The summed E-state index contributed by atoms with van der Waals surface area (Å²) in [6.45, 7) is 2.69. The van der Waals surface area contributed by atoms with Crippen molar-refractivity contribution in [3.63, 3.8) is 0 Å². The molecule has 5 nitrogen and oxygen atoms in total. The molecule has 15 heavy (non-hydrogen) atoms. The van der Waals surface area contributed by atoms with Crippen LogP contribution in [0.2, 0.25) is 0 Å². The minimum atomic E-state index is -0.381. The van der Waals surface area contributed by atoms with Crippen LogP contribution in [0, 0.1) is 0 Å². The highest BCUT2D eigenvalue weighted by atomic mass is 79.9. The molecular weight excluding hydrogens is 282 g/mol. The van der Waals surface area contributed by atoms with Gasteiger partial charge in [-0.3, -0.25) is 4.79 Å². The molecule has 2 heterocycles. The number of thiazole rings is 1. The van der Waals surface area contributed by atoms with E-state index in [0.29, 0.717) is 15.5 Å². The van der Waals surface area contributed by atoms with Gasteiger partial charge in [0.15, 0.2) is 16.5 Å². The molecule has 0 aliphatic rings. The first-order valence-corrected chi connectivity index (χ1v) is 5.89. The quantitative estimate of drug-likeness (QED) is 0.789. The molecule has 0 aliphatic heterocycles. The third kappa shape index (κ3) is 1.72. The van der Waals surface area contributed by atoms with E-state index in [1.54, 1.807) is 0 Å². The molecule has 0 spiro atoms. The molecule has 2 aromatic heterocycles. The molecule has 3 N–H and O–H groups in total. The SMILES string of the molecule is CCNc1nc2[nH]c(=O)c(Br)c(O)c2s1. The van der Waals surface area contributed by atoms with Gasteiger partial charge in [-0.2, -0.15) is 0 Å². The molecule has 0 saturated carbocycles. The highest BCUT2D eigenvalue weighted by Crippen LogP contribution is 2.34. The Bertz CT molecular complexity index is 563. The van der Waals surface area contributed by atoms with Gasteiger partial charge in [0.25, 0.3) is 5.56 Å². The summed E-state index contributed by atoms with van der Waals surface area (Å²) in [6.07, 6.45) is 0. The number of hydrogen-bond acceptors (Lipinski definition) is 5. The summed E-state index contributed by atoms with van der Waals surface area (Å²) in [7, 11) is 0. The molecule has 2 aromatic rings. The van der Waals surface area contributed by atoms with Gasteiger partial charge < -0.3 is 15.4 Å². The van der Waals surface area contributed by atoms with E-state index in [-0.39, 0.29) is 15.8 Å². The lowest BCUT2D eigenvalue weighted by atomic mass is 10.4. The average molecular weight is 290 g/mol. The number of nitrogens with one attached hydrogen (secondary N) is 2. The summed E-state index contributed by atoms with van der Waals surface area (Å²) in [5.74, 6) is -0.0598. The van der Waals surface area contributed by atoms with Crippen molar-refractivity contribution in [1.82, 2.24) is 9.97 Å². The zero-order valence-corrected chi connectivity index (χ0v) is 10.2. The summed E-state index contributed by atoms with van der Waals surface area (Å²) in [5.41, 5.74) is 0.0231.